The lowest BCUT2D eigenvalue weighted by atomic mass is 10.1. The maximum Gasteiger partial charge on any atom is 0.160 e. The van der Waals surface area contributed by atoms with Crippen molar-refractivity contribution in [2.75, 3.05) is 12.4 Å². The van der Waals surface area contributed by atoms with Crippen molar-refractivity contribution >= 4 is 5.69 Å². The van der Waals surface area contributed by atoms with Gasteiger partial charge in [-0.05, 0) is 29.7 Å². The minimum absolute atomic E-state index is 0.776. The minimum Gasteiger partial charge on any atom is -0.493 e. The number of hydrogen-bond donors (Lipinski definition) is 2. The van der Waals surface area contributed by atoms with Crippen molar-refractivity contribution in [1.29, 1.82) is 0 Å². The number of methoxy groups -OCH3 is 1. The number of pyridine rings is 1. The number of nitrogens with zero attached hydrogens (tertiary/aromatic N) is 1. The fourth-order valence-electron chi connectivity index (χ4n) is 2.50. The number of ether oxygens (including phenoxy) is 1. The molecule has 104 valence electrons. The van der Waals surface area contributed by atoms with Crippen molar-refractivity contribution in [3.63, 3.8) is 0 Å². The predicted octanol–water partition coefficient (Wildman–Crippen LogP) is 2.61. The summed E-state index contributed by atoms with van der Waals surface area (Å²) in [5.41, 5.74) is 6.06. The molecule has 4 nitrogen and oxygen atoms in total. The molecular formula is C16H19N3O. The number of hydrogen-bond acceptors (Lipinski definition) is 4. The average molecular weight is 269 g/mol. The molecule has 2 N–H and O–H groups in total. The highest BCUT2D eigenvalue weighted by Crippen LogP contribution is 2.24. The van der Waals surface area contributed by atoms with Crippen LogP contribution in [-0.4, -0.2) is 12.1 Å². The number of aromatic nitrogens is 1. The lowest BCUT2D eigenvalue weighted by Gasteiger charge is -2.12. The molecule has 1 aliphatic rings. The molecule has 2 aromatic rings. The number of anilines is 1. The Morgan fingerprint density at radius 1 is 1.25 bits per heavy atom. The van der Waals surface area contributed by atoms with E-state index in [0.29, 0.717) is 0 Å². The summed E-state index contributed by atoms with van der Waals surface area (Å²) in [5.74, 6) is 0.776. The van der Waals surface area contributed by atoms with Gasteiger partial charge < -0.3 is 15.4 Å². The normalized spacial score (nSPS) is 13.1. The van der Waals surface area contributed by atoms with Crippen LogP contribution in [-0.2, 0) is 19.6 Å². The van der Waals surface area contributed by atoms with Crippen molar-refractivity contribution in [3.05, 3.63) is 52.8 Å². The van der Waals surface area contributed by atoms with E-state index in [1.165, 1.54) is 16.7 Å². The Hall–Kier alpha value is -2.07. The van der Waals surface area contributed by atoms with Gasteiger partial charge in [0.05, 0.1) is 19.0 Å². The third kappa shape index (κ3) is 2.60. The van der Waals surface area contributed by atoms with Gasteiger partial charge in [-0.2, -0.15) is 0 Å². The zero-order valence-electron chi connectivity index (χ0n) is 11.9. The van der Waals surface area contributed by atoms with Crippen LogP contribution >= 0.6 is 0 Å². The molecular weight excluding hydrogens is 250 g/mol. The molecule has 0 atom stereocenters. The number of benzene rings is 1. The molecule has 3 rings (SSSR count). The predicted molar refractivity (Wildman–Crippen MR) is 79.8 cm³/mol. The molecule has 1 aliphatic heterocycles. The van der Waals surface area contributed by atoms with E-state index >= 15 is 0 Å². The zero-order chi connectivity index (χ0) is 13.9. The summed E-state index contributed by atoms with van der Waals surface area (Å²) in [4.78, 5) is 4.24. The van der Waals surface area contributed by atoms with Crippen molar-refractivity contribution < 1.29 is 4.74 Å². The van der Waals surface area contributed by atoms with Gasteiger partial charge in [0.15, 0.2) is 5.75 Å². The summed E-state index contributed by atoms with van der Waals surface area (Å²) >= 11 is 0. The van der Waals surface area contributed by atoms with Crippen molar-refractivity contribution in [2.24, 2.45) is 0 Å². The lowest BCUT2D eigenvalue weighted by molar-refractivity contribution is 0.414. The van der Waals surface area contributed by atoms with E-state index in [2.05, 4.69) is 33.8 Å². The zero-order valence-corrected chi connectivity index (χ0v) is 11.9. The molecule has 4 heteroatoms. The number of nitrogens with one attached hydrogen (secondary N) is 2. The van der Waals surface area contributed by atoms with Gasteiger partial charge in [0.2, 0.25) is 0 Å². The van der Waals surface area contributed by atoms with Gasteiger partial charge in [0.1, 0.15) is 0 Å². The fraction of sp³-hybridized carbons (Fsp3) is 0.312. The van der Waals surface area contributed by atoms with Gasteiger partial charge in [-0.25, -0.2) is 0 Å². The van der Waals surface area contributed by atoms with E-state index in [4.69, 9.17) is 4.74 Å². The van der Waals surface area contributed by atoms with Gasteiger partial charge in [0.25, 0.3) is 0 Å². The van der Waals surface area contributed by atoms with Crippen molar-refractivity contribution in [1.82, 2.24) is 10.3 Å². The minimum atomic E-state index is 0.776. The van der Waals surface area contributed by atoms with Crippen LogP contribution in [0.3, 0.4) is 0 Å². The van der Waals surface area contributed by atoms with Crippen LogP contribution in [0.1, 0.15) is 22.4 Å². The number of aryl methyl sites for hydroxylation is 1. The third-order valence-corrected chi connectivity index (χ3v) is 3.61. The van der Waals surface area contributed by atoms with Gasteiger partial charge >= 0.3 is 0 Å². The van der Waals surface area contributed by atoms with Crippen LogP contribution in [0.2, 0.25) is 0 Å². The van der Waals surface area contributed by atoms with Crippen LogP contribution in [0.5, 0.6) is 5.75 Å². The second kappa shape index (κ2) is 5.51. The highest BCUT2D eigenvalue weighted by atomic mass is 16.5. The van der Waals surface area contributed by atoms with Crippen LogP contribution in [0.25, 0.3) is 0 Å². The molecule has 0 aliphatic carbocycles. The molecule has 20 heavy (non-hydrogen) atoms. The van der Waals surface area contributed by atoms with Gasteiger partial charge in [-0.1, -0.05) is 18.2 Å². The molecule has 0 amide bonds. The Labute approximate surface area is 119 Å². The monoisotopic (exact) mass is 269 g/mol. The van der Waals surface area contributed by atoms with E-state index in [-0.39, 0.29) is 0 Å². The number of rotatable bonds is 4. The smallest absolute Gasteiger partial charge is 0.160 e. The molecule has 0 unspecified atom stereocenters. The average Bonchev–Trinajstić information content (AvgIpc) is 2.92. The van der Waals surface area contributed by atoms with Crippen molar-refractivity contribution in [3.8, 4) is 5.75 Å². The summed E-state index contributed by atoms with van der Waals surface area (Å²) in [6, 6.07) is 8.66. The second-order valence-corrected chi connectivity index (χ2v) is 5.09. The Morgan fingerprint density at radius 3 is 2.95 bits per heavy atom. The Balaban J connectivity index is 1.75. The maximum atomic E-state index is 5.33. The van der Waals surface area contributed by atoms with E-state index in [1.807, 2.05) is 13.0 Å². The molecule has 0 spiro atoms. The van der Waals surface area contributed by atoms with E-state index < -0.39 is 0 Å². The van der Waals surface area contributed by atoms with E-state index in [1.54, 1.807) is 13.3 Å². The molecule has 0 fully saturated rings. The number of fused-ring (bicyclic) bond motifs is 1. The molecule has 0 saturated carbocycles. The van der Waals surface area contributed by atoms with Gasteiger partial charge in [-0.15, -0.1) is 0 Å². The Bertz CT molecular complexity index is 625. The Morgan fingerprint density at radius 2 is 2.10 bits per heavy atom. The largest absolute Gasteiger partial charge is 0.493 e. The SMILES string of the molecule is COc1cnc(C)cc1NCc1ccc2c(c1)CNC2. The molecule has 1 aromatic heterocycles. The first-order valence-electron chi connectivity index (χ1n) is 6.82. The molecule has 0 radical (unpaired) electrons. The van der Waals surface area contributed by atoms with Crippen LogP contribution in [0.15, 0.2) is 30.5 Å². The highest BCUT2D eigenvalue weighted by Gasteiger charge is 2.10. The lowest BCUT2D eigenvalue weighted by Crippen LogP contribution is -2.03. The topological polar surface area (TPSA) is 46.2 Å². The molecule has 2 heterocycles. The first kappa shape index (κ1) is 12.9. The highest BCUT2D eigenvalue weighted by molar-refractivity contribution is 5.56. The standard InChI is InChI=1S/C16H19N3O/c1-11-5-15(16(20-2)10-18-11)19-7-12-3-4-13-8-17-9-14(13)6-12/h3-6,10,17H,7-9H2,1-2H3,(H,18,19). The van der Waals surface area contributed by atoms with Crippen LogP contribution in [0.4, 0.5) is 5.69 Å². The van der Waals surface area contributed by atoms with Crippen LogP contribution in [0, 0.1) is 6.92 Å². The fourth-order valence-corrected chi connectivity index (χ4v) is 2.50. The molecule has 0 bridgehead atoms. The van der Waals surface area contributed by atoms with E-state index in [0.717, 1.165) is 36.8 Å². The Kier molecular flexibility index (Phi) is 3.56. The summed E-state index contributed by atoms with van der Waals surface area (Å²) in [7, 11) is 1.67. The van der Waals surface area contributed by atoms with Crippen molar-refractivity contribution in [2.45, 2.75) is 26.6 Å². The van der Waals surface area contributed by atoms with Crippen LogP contribution < -0.4 is 15.4 Å². The van der Waals surface area contributed by atoms with Gasteiger partial charge in [-0.3, -0.25) is 4.98 Å². The van der Waals surface area contributed by atoms with E-state index in [9.17, 15) is 0 Å². The molecule has 0 saturated heterocycles. The quantitative estimate of drug-likeness (QED) is 0.895. The first-order chi connectivity index (χ1) is 9.76. The molecule has 1 aromatic carbocycles. The summed E-state index contributed by atoms with van der Waals surface area (Å²) in [5, 5.41) is 6.79. The maximum absolute atomic E-state index is 5.33. The summed E-state index contributed by atoms with van der Waals surface area (Å²) in [6.07, 6.45) is 1.75. The van der Waals surface area contributed by atoms with Gasteiger partial charge in [0, 0.05) is 25.3 Å². The summed E-state index contributed by atoms with van der Waals surface area (Å²) in [6.45, 7) is 4.72. The first-order valence-corrected chi connectivity index (χ1v) is 6.82. The summed E-state index contributed by atoms with van der Waals surface area (Å²) < 4.78 is 5.33. The third-order valence-electron chi connectivity index (χ3n) is 3.61. The second-order valence-electron chi connectivity index (χ2n) is 5.09.